The van der Waals surface area contributed by atoms with Crippen LogP contribution >= 0.6 is 15.9 Å². The van der Waals surface area contributed by atoms with Crippen LogP contribution in [0.5, 0.6) is 0 Å². The number of aryl methyl sites for hydroxylation is 1. The average molecular weight is 240 g/mol. The minimum atomic E-state index is -0.156. The Morgan fingerprint density at radius 1 is 1.46 bits per heavy atom. The summed E-state index contributed by atoms with van der Waals surface area (Å²) in [5.74, 6) is 0.601. The third-order valence-corrected chi connectivity index (χ3v) is 2.27. The number of aromatic amines is 1. The first kappa shape index (κ1) is 8.37. The van der Waals surface area contributed by atoms with E-state index in [1.54, 1.807) is 13.1 Å². The molecule has 0 amide bonds. The summed E-state index contributed by atoms with van der Waals surface area (Å²) < 4.78 is 0.735. The van der Waals surface area contributed by atoms with Gasteiger partial charge in [0.2, 0.25) is 0 Å². The summed E-state index contributed by atoms with van der Waals surface area (Å²) in [7, 11) is 0. The van der Waals surface area contributed by atoms with E-state index in [1.807, 2.05) is 0 Å². The van der Waals surface area contributed by atoms with Crippen LogP contribution in [0.1, 0.15) is 5.82 Å². The lowest BCUT2D eigenvalue weighted by atomic mass is 10.3. The number of rotatable bonds is 0. The zero-order chi connectivity index (χ0) is 9.42. The Labute approximate surface area is 82.2 Å². The molecule has 0 spiro atoms. The number of nitrogens with one attached hydrogen (secondary N) is 1. The van der Waals surface area contributed by atoms with Crippen molar-refractivity contribution in [1.29, 1.82) is 0 Å². The fraction of sp³-hybridized carbons (Fsp3) is 0.125. The molecule has 0 aliphatic rings. The highest BCUT2D eigenvalue weighted by molar-refractivity contribution is 9.10. The highest BCUT2D eigenvalue weighted by Crippen LogP contribution is 2.16. The Kier molecular flexibility index (Phi) is 1.88. The second kappa shape index (κ2) is 2.92. The van der Waals surface area contributed by atoms with Gasteiger partial charge in [-0.3, -0.25) is 9.78 Å². The highest BCUT2D eigenvalue weighted by Gasteiger charge is 2.04. The van der Waals surface area contributed by atoms with Crippen LogP contribution in [0, 0.1) is 6.92 Å². The van der Waals surface area contributed by atoms with E-state index in [0.29, 0.717) is 16.7 Å². The topological polar surface area (TPSA) is 58.6 Å². The highest BCUT2D eigenvalue weighted by atomic mass is 79.9. The van der Waals surface area contributed by atoms with Crippen molar-refractivity contribution in [3.63, 3.8) is 0 Å². The monoisotopic (exact) mass is 239 g/mol. The molecule has 5 heteroatoms. The van der Waals surface area contributed by atoms with Crippen molar-refractivity contribution in [1.82, 2.24) is 15.0 Å². The van der Waals surface area contributed by atoms with E-state index < -0.39 is 0 Å². The number of hydrogen-bond donors (Lipinski definition) is 1. The van der Waals surface area contributed by atoms with Gasteiger partial charge in [0.05, 0.1) is 15.4 Å². The van der Waals surface area contributed by atoms with Gasteiger partial charge in [-0.15, -0.1) is 0 Å². The fourth-order valence-electron chi connectivity index (χ4n) is 1.14. The summed E-state index contributed by atoms with van der Waals surface area (Å²) in [5.41, 5.74) is 0.493. The fourth-order valence-corrected chi connectivity index (χ4v) is 1.56. The quantitative estimate of drug-likeness (QED) is 0.756. The lowest BCUT2D eigenvalue weighted by molar-refractivity contribution is 1.05. The van der Waals surface area contributed by atoms with Crippen molar-refractivity contribution >= 4 is 26.8 Å². The first-order chi connectivity index (χ1) is 6.18. The van der Waals surface area contributed by atoms with Gasteiger partial charge < -0.3 is 4.98 Å². The zero-order valence-corrected chi connectivity index (χ0v) is 8.42. The van der Waals surface area contributed by atoms with E-state index in [1.165, 1.54) is 6.20 Å². The molecule has 0 bridgehead atoms. The predicted molar refractivity (Wildman–Crippen MR) is 52.6 cm³/mol. The molecule has 2 rings (SSSR count). The minimum absolute atomic E-state index is 0.156. The van der Waals surface area contributed by atoms with Crippen molar-refractivity contribution in [2.45, 2.75) is 6.92 Å². The van der Waals surface area contributed by atoms with Crippen LogP contribution in [0.25, 0.3) is 10.9 Å². The van der Waals surface area contributed by atoms with E-state index in [4.69, 9.17) is 0 Å². The molecule has 0 atom stereocenters. The molecule has 66 valence electrons. The smallest absolute Gasteiger partial charge is 0.260 e. The zero-order valence-electron chi connectivity index (χ0n) is 6.84. The summed E-state index contributed by atoms with van der Waals surface area (Å²) in [4.78, 5) is 22.1. The molecule has 2 aromatic heterocycles. The molecule has 0 aliphatic heterocycles. The summed E-state index contributed by atoms with van der Waals surface area (Å²) in [6, 6.07) is 0. The third-order valence-electron chi connectivity index (χ3n) is 1.69. The second-order valence-corrected chi connectivity index (χ2v) is 3.52. The standard InChI is InChI=1S/C8H6BrN3O/c1-4-11-7-5(8(13)12-4)2-10-3-6(7)9/h2-3H,1H3,(H,11,12,13). The first-order valence-electron chi connectivity index (χ1n) is 3.68. The van der Waals surface area contributed by atoms with Gasteiger partial charge in [-0.1, -0.05) is 0 Å². The summed E-state index contributed by atoms with van der Waals surface area (Å²) in [5, 5.41) is 0.500. The summed E-state index contributed by atoms with van der Waals surface area (Å²) in [6.45, 7) is 1.74. The molecular weight excluding hydrogens is 234 g/mol. The molecule has 0 unspecified atom stereocenters. The van der Waals surface area contributed by atoms with Crippen LogP contribution in [-0.4, -0.2) is 15.0 Å². The van der Waals surface area contributed by atoms with E-state index in [2.05, 4.69) is 30.9 Å². The van der Waals surface area contributed by atoms with Gasteiger partial charge in [0.15, 0.2) is 0 Å². The number of nitrogens with zero attached hydrogens (tertiary/aromatic N) is 2. The maximum absolute atomic E-state index is 11.4. The molecule has 13 heavy (non-hydrogen) atoms. The van der Waals surface area contributed by atoms with Crippen LogP contribution in [0.4, 0.5) is 0 Å². The van der Waals surface area contributed by atoms with Crippen LogP contribution in [-0.2, 0) is 0 Å². The first-order valence-corrected chi connectivity index (χ1v) is 4.48. The van der Waals surface area contributed by atoms with Gasteiger partial charge in [0, 0.05) is 12.4 Å². The van der Waals surface area contributed by atoms with E-state index in [0.717, 1.165) is 4.47 Å². The second-order valence-electron chi connectivity index (χ2n) is 2.67. The Morgan fingerprint density at radius 3 is 3.00 bits per heavy atom. The predicted octanol–water partition coefficient (Wildman–Crippen LogP) is 1.39. The number of fused-ring (bicyclic) bond motifs is 1. The van der Waals surface area contributed by atoms with Gasteiger partial charge in [-0.05, 0) is 22.9 Å². The number of pyridine rings is 1. The number of aromatic nitrogens is 3. The van der Waals surface area contributed by atoms with Crippen molar-refractivity contribution < 1.29 is 0 Å². The number of halogens is 1. The van der Waals surface area contributed by atoms with Gasteiger partial charge in [0.1, 0.15) is 5.82 Å². The lowest BCUT2D eigenvalue weighted by Gasteiger charge is -1.98. The maximum atomic E-state index is 11.4. The van der Waals surface area contributed by atoms with Crippen LogP contribution in [0.2, 0.25) is 0 Å². The van der Waals surface area contributed by atoms with Gasteiger partial charge in [-0.25, -0.2) is 4.98 Å². The van der Waals surface area contributed by atoms with Gasteiger partial charge >= 0.3 is 0 Å². The van der Waals surface area contributed by atoms with Crippen LogP contribution in [0.15, 0.2) is 21.7 Å². The molecular formula is C8H6BrN3O. The third kappa shape index (κ3) is 1.35. The Bertz CT molecular complexity index is 520. The van der Waals surface area contributed by atoms with Gasteiger partial charge in [-0.2, -0.15) is 0 Å². The molecule has 4 nitrogen and oxygen atoms in total. The molecule has 0 fully saturated rings. The normalized spacial score (nSPS) is 10.6. The molecule has 0 saturated carbocycles. The van der Waals surface area contributed by atoms with Crippen LogP contribution in [0.3, 0.4) is 0 Å². The molecule has 1 N–H and O–H groups in total. The van der Waals surface area contributed by atoms with Gasteiger partial charge in [0.25, 0.3) is 5.56 Å². The largest absolute Gasteiger partial charge is 0.310 e. The Hall–Kier alpha value is -1.23. The molecule has 0 radical (unpaired) electrons. The average Bonchev–Trinajstić information content (AvgIpc) is 2.07. The van der Waals surface area contributed by atoms with Crippen molar-refractivity contribution in [3.05, 3.63) is 33.0 Å². The van der Waals surface area contributed by atoms with E-state index in [-0.39, 0.29) is 5.56 Å². The lowest BCUT2D eigenvalue weighted by Crippen LogP contribution is -2.10. The summed E-state index contributed by atoms with van der Waals surface area (Å²) in [6.07, 6.45) is 3.12. The minimum Gasteiger partial charge on any atom is -0.310 e. The van der Waals surface area contributed by atoms with E-state index in [9.17, 15) is 4.79 Å². The van der Waals surface area contributed by atoms with E-state index >= 15 is 0 Å². The molecule has 2 aromatic rings. The molecule has 0 aliphatic carbocycles. The molecule has 0 saturated heterocycles. The summed E-state index contributed by atoms with van der Waals surface area (Å²) >= 11 is 3.29. The molecule has 2 heterocycles. The maximum Gasteiger partial charge on any atom is 0.260 e. The number of H-pyrrole nitrogens is 1. The number of hydrogen-bond acceptors (Lipinski definition) is 3. The SMILES string of the molecule is Cc1nc2c(Br)cncc2c(=O)[nH]1. The van der Waals surface area contributed by atoms with Crippen molar-refractivity contribution in [3.8, 4) is 0 Å². The molecule has 0 aromatic carbocycles. The van der Waals surface area contributed by atoms with Crippen LogP contribution < -0.4 is 5.56 Å². The Balaban J connectivity index is 3.03. The van der Waals surface area contributed by atoms with Crippen molar-refractivity contribution in [2.75, 3.05) is 0 Å². The Morgan fingerprint density at radius 2 is 2.23 bits per heavy atom. The van der Waals surface area contributed by atoms with Crippen molar-refractivity contribution in [2.24, 2.45) is 0 Å².